The summed E-state index contributed by atoms with van der Waals surface area (Å²) < 4.78 is 10.6. The van der Waals surface area contributed by atoms with Crippen LogP contribution in [0.1, 0.15) is 33.6 Å². The number of rotatable bonds is 9. The fraction of sp³-hybridized carbons (Fsp3) is 0.533. The number of hydrogen-bond acceptors (Lipinski definition) is 5. The van der Waals surface area contributed by atoms with Gasteiger partial charge in [-0.05, 0) is 59.4 Å². The number of hydrogen-bond donors (Lipinski definition) is 0. The highest BCUT2D eigenvalue weighted by Gasteiger charge is 2.48. The van der Waals surface area contributed by atoms with Crippen molar-refractivity contribution < 1.29 is 23.9 Å². The van der Waals surface area contributed by atoms with E-state index in [-0.39, 0.29) is 31.8 Å². The highest BCUT2D eigenvalue weighted by molar-refractivity contribution is 14.1. The molecule has 5 nitrogen and oxygen atoms in total. The molecule has 0 aromatic carbocycles. The molecule has 0 saturated carbocycles. The van der Waals surface area contributed by atoms with Gasteiger partial charge < -0.3 is 9.47 Å². The second kappa shape index (κ2) is 9.70. The lowest BCUT2D eigenvalue weighted by Gasteiger charge is -2.28. The molecular formula is C15H21IO5. The van der Waals surface area contributed by atoms with Crippen molar-refractivity contribution in [2.45, 2.75) is 33.6 Å². The number of carbonyl (C=O) groups excluding carboxylic acids is 3. The van der Waals surface area contributed by atoms with Gasteiger partial charge in [0.05, 0.1) is 13.2 Å². The summed E-state index contributed by atoms with van der Waals surface area (Å²) >= 11 is 1.94. The minimum absolute atomic E-state index is 0.0524. The van der Waals surface area contributed by atoms with Gasteiger partial charge in [0.2, 0.25) is 0 Å². The minimum Gasteiger partial charge on any atom is -0.465 e. The van der Waals surface area contributed by atoms with Crippen molar-refractivity contribution in [2.24, 2.45) is 5.41 Å². The molecular weight excluding hydrogens is 387 g/mol. The highest BCUT2D eigenvalue weighted by atomic mass is 127. The van der Waals surface area contributed by atoms with Crippen LogP contribution in [0.25, 0.3) is 0 Å². The Hall–Kier alpha value is -1.18. The van der Waals surface area contributed by atoms with Gasteiger partial charge in [-0.1, -0.05) is 6.08 Å². The maximum atomic E-state index is 12.3. The van der Waals surface area contributed by atoms with Crippen molar-refractivity contribution in [3.8, 4) is 0 Å². The molecule has 6 heteroatoms. The number of halogens is 1. The average Bonchev–Trinajstić information content (AvgIpc) is 2.37. The van der Waals surface area contributed by atoms with Crippen molar-refractivity contribution >= 4 is 40.3 Å². The number of ketones is 1. The number of esters is 2. The van der Waals surface area contributed by atoms with E-state index in [1.54, 1.807) is 13.8 Å². The van der Waals surface area contributed by atoms with E-state index in [4.69, 9.17) is 9.47 Å². The Bertz CT molecular complexity index is 421. The maximum Gasteiger partial charge on any atom is 0.324 e. The Labute approximate surface area is 138 Å². The zero-order valence-corrected chi connectivity index (χ0v) is 14.8. The van der Waals surface area contributed by atoms with Gasteiger partial charge in [-0.25, -0.2) is 0 Å². The summed E-state index contributed by atoms with van der Waals surface area (Å²) in [7, 11) is 0. The molecule has 0 atom stereocenters. The third-order valence-corrected chi connectivity index (χ3v) is 3.35. The molecule has 0 spiro atoms. The molecule has 0 aromatic rings. The van der Waals surface area contributed by atoms with E-state index in [1.807, 2.05) is 22.6 Å². The largest absolute Gasteiger partial charge is 0.465 e. The van der Waals surface area contributed by atoms with Gasteiger partial charge in [-0.15, -0.1) is 6.58 Å². The summed E-state index contributed by atoms with van der Waals surface area (Å²) in [5.74, 6) is -1.47. The molecule has 118 valence electrons. The normalized spacial score (nSPS) is 11.7. The first kappa shape index (κ1) is 19.8. The minimum atomic E-state index is -1.49. The number of carbonyl (C=O) groups is 3. The quantitative estimate of drug-likeness (QED) is 0.193. The lowest BCUT2D eigenvalue weighted by atomic mass is 9.80. The average molecular weight is 408 g/mol. The Morgan fingerprint density at radius 1 is 1.14 bits per heavy atom. The van der Waals surface area contributed by atoms with Crippen molar-refractivity contribution in [3.05, 3.63) is 22.3 Å². The summed E-state index contributed by atoms with van der Waals surface area (Å²) in [4.78, 5) is 35.8. The Morgan fingerprint density at radius 3 is 1.95 bits per heavy atom. The van der Waals surface area contributed by atoms with E-state index in [1.165, 1.54) is 19.1 Å². The van der Waals surface area contributed by atoms with Gasteiger partial charge in [0.15, 0.2) is 11.2 Å². The zero-order chi connectivity index (χ0) is 16.5. The summed E-state index contributed by atoms with van der Waals surface area (Å²) in [6.45, 7) is 8.64. The summed E-state index contributed by atoms with van der Waals surface area (Å²) in [6, 6.07) is 0. The van der Waals surface area contributed by atoms with E-state index in [0.29, 0.717) is 3.58 Å². The topological polar surface area (TPSA) is 69.7 Å². The molecule has 0 aliphatic heterocycles. The molecule has 0 saturated heterocycles. The Morgan fingerprint density at radius 2 is 1.62 bits per heavy atom. The van der Waals surface area contributed by atoms with Gasteiger partial charge in [0, 0.05) is 6.42 Å². The van der Waals surface area contributed by atoms with E-state index in [2.05, 4.69) is 6.58 Å². The molecule has 0 aromatic heterocycles. The zero-order valence-electron chi connectivity index (χ0n) is 12.6. The fourth-order valence-electron chi connectivity index (χ4n) is 1.81. The van der Waals surface area contributed by atoms with Crippen molar-refractivity contribution in [2.75, 3.05) is 13.2 Å². The maximum absolute atomic E-state index is 12.3. The first-order valence-electron chi connectivity index (χ1n) is 6.66. The number of allylic oxidation sites excluding steroid dienone is 3. The lowest BCUT2D eigenvalue weighted by molar-refractivity contribution is -0.171. The second-order valence-electron chi connectivity index (χ2n) is 4.39. The molecule has 0 aliphatic carbocycles. The van der Waals surface area contributed by atoms with E-state index in [0.717, 1.165) is 0 Å². The van der Waals surface area contributed by atoms with Gasteiger partial charge in [0.25, 0.3) is 0 Å². The van der Waals surface area contributed by atoms with Crippen LogP contribution in [0.2, 0.25) is 0 Å². The second-order valence-corrected chi connectivity index (χ2v) is 5.78. The van der Waals surface area contributed by atoms with E-state index < -0.39 is 17.4 Å². The molecule has 0 amide bonds. The summed E-state index contributed by atoms with van der Waals surface area (Å²) in [5, 5.41) is 0. The Balaban J connectivity index is 5.66. The van der Waals surface area contributed by atoms with Crippen LogP contribution in [-0.2, 0) is 23.9 Å². The van der Waals surface area contributed by atoms with Crippen LogP contribution in [0, 0.1) is 5.41 Å². The molecule has 0 bridgehead atoms. The Kier molecular flexibility index (Phi) is 9.16. The SMILES string of the molecule is C=CCC(C/C(I)=C/C(C)=O)(C(=O)OCC)C(=O)OCC. The first-order valence-corrected chi connectivity index (χ1v) is 7.73. The predicted octanol–water partition coefficient (Wildman–Crippen LogP) is 2.97. The molecule has 0 radical (unpaired) electrons. The van der Waals surface area contributed by atoms with Crippen LogP contribution < -0.4 is 0 Å². The van der Waals surface area contributed by atoms with Crippen molar-refractivity contribution in [3.63, 3.8) is 0 Å². The van der Waals surface area contributed by atoms with Crippen LogP contribution in [0.3, 0.4) is 0 Å². The molecule has 0 heterocycles. The van der Waals surface area contributed by atoms with Crippen LogP contribution in [0.15, 0.2) is 22.3 Å². The standard InChI is InChI=1S/C15H21IO5/c1-5-8-15(13(18)20-6-2,14(19)21-7-3)10-12(16)9-11(4)17/h5,9H,1,6-8,10H2,2-4H3/b12-9-. The van der Waals surface area contributed by atoms with Crippen LogP contribution >= 0.6 is 22.6 Å². The first-order chi connectivity index (χ1) is 9.83. The predicted molar refractivity (Wildman–Crippen MR) is 87.9 cm³/mol. The van der Waals surface area contributed by atoms with Gasteiger partial charge in [-0.3, -0.25) is 14.4 Å². The molecule has 0 aliphatic rings. The van der Waals surface area contributed by atoms with Crippen LogP contribution in [-0.4, -0.2) is 30.9 Å². The molecule has 0 N–H and O–H groups in total. The summed E-state index contributed by atoms with van der Waals surface area (Å²) in [5.41, 5.74) is -1.49. The fourth-order valence-corrected chi connectivity index (χ4v) is 2.90. The van der Waals surface area contributed by atoms with Gasteiger partial charge in [0.1, 0.15) is 0 Å². The molecule has 0 rings (SSSR count). The third kappa shape index (κ3) is 5.99. The number of ether oxygens (including phenoxy) is 2. The van der Waals surface area contributed by atoms with Crippen LogP contribution in [0.4, 0.5) is 0 Å². The molecule has 0 fully saturated rings. The van der Waals surface area contributed by atoms with Crippen molar-refractivity contribution in [1.29, 1.82) is 0 Å². The monoisotopic (exact) mass is 408 g/mol. The molecule has 0 unspecified atom stereocenters. The molecule has 21 heavy (non-hydrogen) atoms. The summed E-state index contributed by atoms with van der Waals surface area (Å²) in [6.07, 6.45) is 3.00. The highest BCUT2D eigenvalue weighted by Crippen LogP contribution is 2.36. The van der Waals surface area contributed by atoms with Gasteiger partial charge >= 0.3 is 11.9 Å². The van der Waals surface area contributed by atoms with Gasteiger partial charge in [-0.2, -0.15) is 0 Å². The van der Waals surface area contributed by atoms with E-state index in [9.17, 15) is 14.4 Å². The van der Waals surface area contributed by atoms with Crippen LogP contribution in [0.5, 0.6) is 0 Å². The smallest absolute Gasteiger partial charge is 0.324 e. The van der Waals surface area contributed by atoms with E-state index >= 15 is 0 Å². The van der Waals surface area contributed by atoms with Crippen molar-refractivity contribution in [1.82, 2.24) is 0 Å². The third-order valence-electron chi connectivity index (χ3n) is 2.66. The lowest BCUT2D eigenvalue weighted by Crippen LogP contribution is -2.42.